The van der Waals surface area contributed by atoms with Crippen molar-refractivity contribution in [3.63, 3.8) is 0 Å². The molecule has 2 aromatic carbocycles. The number of piperazine rings is 1. The maximum atomic E-state index is 10.6. The van der Waals surface area contributed by atoms with Crippen LogP contribution in [0.2, 0.25) is 0 Å². The van der Waals surface area contributed by atoms with Gasteiger partial charge >= 0.3 is 6.01 Å². The highest BCUT2D eigenvalue weighted by atomic mass is 79.9. The number of aromatic nitrogens is 2. The van der Waals surface area contributed by atoms with Crippen molar-refractivity contribution in [3.05, 3.63) is 46.1 Å². The van der Waals surface area contributed by atoms with Crippen molar-refractivity contribution < 1.29 is 14.6 Å². The number of hydrogen-bond donors (Lipinski definition) is 3. The van der Waals surface area contributed by atoms with Crippen LogP contribution in [0.1, 0.15) is 30.5 Å². The van der Waals surface area contributed by atoms with Gasteiger partial charge in [0.15, 0.2) is 0 Å². The average molecular weight is 610 g/mol. The zero-order valence-electron chi connectivity index (χ0n) is 22.9. The predicted octanol–water partition coefficient (Wildman–Crippen LogP) is 3.60. The molecule has 4 aliphatic rings. The summed E-state index contributed by atoms with van der Waals surface area (Å²) in [5.74, 6) is 1.82. The summed E-state index contributed by atoms with van der Waals surface area (Å²) in [6.45, 7) is 5.66. The summed E-state index contributed by atoms with van der Waals surface area (Å²) in [7, 11) is 1.76. The number of benzene rings is 2. The lowest BCUT2D eigenvalue weighted by molar-refractivity contribution is 0.157. The predicted molar refractivity (Wildman–Crippen MR) is 160 cm³/mol. The molecule has 40 heavy (non-hydrogen) atoms. The quantitative estimate of drug-likeness (QED) is 0.372. The Kier molecular flexibility index (Phi) is 7.20. The molecule has 0 spiro atoms. The van der Waals surface area contributed by atoms with E-state index in [0.717, 1.165) is 78.1 Å². The van der Waals surface area contributed by atoms with Gasteiger partial charge < -0.3 is 35.0 Å². The topological polar surface area (TPSA) is 95.0 Å². The zero-order chi connectivity index (χ0) is 27.2. The summed E-state index contributed by atoms with van der Waals surface area (Å²) in [6.07, 6.45) is 4.32. The van der Waals surface area contributed by atoms with E-state index in [4.69, 9.17) is 19.4 Å². The maximum Gasteiger partial charge on any atom is 0.318 e. The van der Waals surface area contributed by atoms with Crippen LogP contribution in [0.25, 0.3) is 10.8 Å². The summed E-state index contributed by atoms with van der Waals surface area (Å²) in [6, 6.07) is 11.6. The Morgan fingerprint density at radius 2 is 1.95 bits per heavy atom. The second-order valence-electron chi connectivity index (χ2n) is 11.7. The number of methoxy groups -OCH3 is 1. The number of phenolic OH excluding ortho intramolecular Hbond substituents is 1. The fourth-order valence-corrected chi connectivity index (χ4v) is 7.64. The van der Waals surface area contributed by atoms with Gasteiger partial charge in [-0.1, -0.05) is 28.1 Å². The summed E-state index contributed by atoms with van der Waals surface area (Å²) in [5.41, 5.74) is 3.25. The maximum absolute atomic E-state index is 10.6. The second-order valence-corrected chi connectivity index (χ2v) is 12.6. The molecule has 4 aliphatic heterocycles. The first-order valence-corrected chi connectivity index (χ1v) is 15.3. The highest BCUT2D eigenvalue weighted by Gasteiger charge is 2.35. The number of ether oxygens (including phenoxy) is 2. The molecule has 2 unspecified atom stereocenters. The van der Waals surface area contributed by atoms with Crippen LogP contribution in [0.3, 0.4) is 0 Å². The highest BCUT2D eigenvalue weighted by molar-refractivity contribution is 9.10. The Hall–Kier alpha value is -2.66. The van der Waals surface area contributed by atoms with Crippen molar-refractivity contribution in [2.45, 2.75) is 50.4 Å². The molecule has 212 valence electrons. The summed E-state index contributed by atoms with van der Waals surface area (Å²) >= 11 is 3.75. The number of fused-ring (bicyclic) bond motifs is 4. The van der Waals surface area contributed by atoms with E-state index in [9.17, 15) is 5.11 Å². The number of aromatic hydroxyl groups is 1. The van der Waals surface area contributed by atoms with Crippen LogP contribution in [0.15, 0.2) is 34.8 Å². The summed E-state index contributed by atoms with van der Waals surface area (Å²) < 4.78 is 12.7. The minimum Gasteiger partial charge on any atom is -0.508 e. The smallest absolute Gasteiger partial charge is 0.318 e. The van der Waals surface area contributed by atoms with Crippen molar-refractivity contribution in [3.8, 4) is 11.8 Å². The molecular weight excluding hydrogens is 572 g/mol. The molecule has 3 saturated heterocycles. The molecule has 0 radical (unpaired) electrons. The van der Waals surface area contributed by atoms with E-state index in [1.54, 1.807) is 7.11 Å². The van der Waals surface area contributed by atoms with Gasteiger partial charge in [0.25, 0.3) is 0 Å². The van der Waals surface area contributed by atoms with Gasteiger partial charge in [0.05, 0.1) is 18.8 Å². The van der Waals surface area contributed by atoms with Crippen molar-refractivity contribution in [1.29, 1.82) is 0 Å². The van der Waals surface area contributed by atoms with Crippen LogP contribution >= 0.6 is 15.9 Å². The van der Waals surface area contributed by atoms with Gasteiger partial charge in [-0.3, -0.25) is 0 Å². The largest absolute Gasteiger partial charge is 0.508 e. The van der Waals surface area contributed by atoms with Gasteiger partial charge in [-0.15, -0.1) is 0 Å². The van der Waals surface area contributed by atoms with E-state index in [0.29, 0.717) is 37.2 Å². The summed E-state index contributed by atoms with van der Waals surface area (Å²) in [4.78, 5) is 14.8. The van der Waals surface area contributed by atoms with E-state index in [1.807, 2.05) is 24.3 Å². The van der Waals surface area contributed by atoms with Gasteiger partial charge in [0, 0.05) is 78.6 Å². The standard InChI is InChI=1S/C30H37BrN6O3/c1-39-16-18-9-22(32-12-18)17-40-30-34-26-15-36(27-11-23(38)10-19-3-2-4-25(31)28(19)27)8-7-24(26)29(35-30)37-13-20-5-6-21(14-37)33-20/h2-4,10-11,18,20-22,32-33,38H,5-9,12-17H2,1H3/t18-,20?,21?,22+/m1/s1. The molecule has 7 rings (SSSR count). The first kappa shape index (κ1) is 26.3. The molecule has 3 N–H and O–H groups in total. The molecule has 0 amide bonds. The van der Waals surface area contributed by atoms with Crippen LogP contribution in [0.4, 0.5) is 11.5 Å². The molecule has 2 bridgehead atoms. The molecule has 0 aliphatic carbocycles. The SMILES string of the molecule is COC[C@H]1CN[C@H](COc2nc3c(c(N4CC5CCC(C4)N5)n2)CCN(c2cc(O)cc4cccc(Br)c24)C3)C1. The molecule has 1 aromatic heterocycles. The number of anilines is 2. The van der Waals surface area contributed by atoms with Crippen molar-refractivity contribution in [2.75, 3.05) is 56.3 Å². The van der Waals surface area contributed by atoms with E-state index >= 15 is 0 Å². The van der Waals surface area contributed by atoms with Crippen LogP contribution in [0, 0.1) is 5.92 Å². The van der Waals surface area contributed by atoms with Crippen molar-refractivity contribution >= 4 is 38.2 Å². The van der Waals surface area contributed by atoms with Crippen LogP contribution in [0.5, 0.6) is 11.8 Å². The normalized spacial score (nSPS) is 25.9. The van der Waals surface area contributed by atoms with Crippen LogP contribution in [-0.4, -0.2) is 79.7 Å². The van der Waals surface area contributed by atoms with Gasteiger partial charge in [0.1, 0.15) is 18.2 Å². The monoisotopic (exact) mass is 608 g/mol. The fourth-order valence-electron chi connectivity index (χ4n) is 7.05. The van der Waals surface area contributed by atoms with Crippen molar-refractivity contribution in [1.82, 2.24) is 20.6 Å². The highest BCUT2D eigenvalue weighted by Crippen LogP contribution is 2.40. The van der Waals surface area contributed by atoms with Gasteiger partial charge in [-0.05, 0) is 49.1 Å². The fraction of sp³-hybridized carbons (Fsp3) is 0.533. The van der Waals surface area contributed by atoms with E-state index in [1.165, 1.54) is 18.4 Å². The molecule has 3 fully saturated rings. The number of nitrogens with zero attached hydrogens (tertiary/aromatic N) is 4. The molecular formula is C30H37BrN6O3. The summed E-state index contributed by atoms with van der Waals surface area (Å²) in [5, 5.41) is 20.0. The lowest BCUT2D eigenvalue weighted by Gasteiger charge is -2.37. The molecule has 4 atom stereocenters. The Morgan fingerprint density at radius 3 is 2.77 bits per heavy atom. The lowest BCUT2D eigenvalue weighted by atomic mass is 10.0. The first-order valence-electron chi connectivity index (χ1n) is 14.5. The lowest BCUT2D eigenvalue weighted by Crippen LogP contribution is -2.52. The first-order chi connectivity index (χ1) is 19.5. The molecule has 5 heterocycles. The van der Waals surface area contributed by atoms with E-state index in [-0.39, 0.29) is 11.8 Å². The van der Waals surface area contributed by atoms with E-state index < -0.39 is 0 Å². The van der Waals surface area contributed by atoms with Crippen LogP contribution < -0.4 is 25.2 Å². The third-order valence-corrected chi connectivity index (χ3v) is 9.56. The van der Waals surface area contributed by atoms with Crippen molar-refractivity contribution in [2.24, 2.45) is 5.92 Å². The number of nitrogens with one attached hydrogen (secondary N) is 2. The number of rotatable bonds is 7. The third-order valence-electron chi connectivity index (χ3n) is 8.90. The Labute approximate surface area is 243 Å². The number of halogens is 1. The Balaban J connectivity index is 1.20. The third kappa shape index (κ3) is 5.11. The number of hydrogen-bond acceptors (Lipinski definition) is 9. The average Bonchev–Trinajstić information content (AvgIpc) is 3.55. The molecule has 3 aromatic rings. The van der Waals surface area contributed by atoms with Gasteiger partial charge in [-0.25, -0.2) is 0 Å². The molecule has 10 heteroatoms. The Morgan fingerprint density at radius 1 is 1.10 bits per heavy atom. The van der Waals surface area contributed by atoms with Gasteiger partial charge in [-0.2, -0.15) is 9.97 Å². The zero-order valence-corrected chi connectivity index (χ0v) is 24.5. The van der Waals surface area contributed by atoms with Gasteiger partial charge in [0.2, 0.25) is 0 Å². The minimum absolute atomic E-state index is 0.269. The molecule has 9 nitrogen and oxygen atoms in total. The second kappa shape index (κ2) is 11.0. The van der Waals surface area contributed by atoms with Crippen LogP contribution in [-0.2, 0) is 17.7 Å². The Bertz CT molecular complexity index is 1390. The molecule has 0 saturated carbocycles. The van der Waals surface area contributed by atoms with E-state index in [2.05, 4.69) is 42.4 Å². The minimum atomic E-state index is 0.269. The number of phenols is 1.